The number of nitrogens with one attached hydrogen (secondary N) is 1. The van der Waals surface area contributed by atoms with Crippen LogP contribution in [0.15, 0.2) is 82.7 Å². The molecule has 3 unspecified atom stereocenters. The fourth-order valence-corrected chi connectivity index (χ4v) is 6.38. The lowest BCUT2D eigenvalue weighted by Gasteiger charge is -2.19. The lowest BCUT2D eigenvalue weighted by atomic mass is 10.0. The molecule has 0 radical (unpaired) electrons. The first kappa shape index (κ1) is 24.6. The van der Waals surface area contributed by atoms with Crippen molar-refractivity contribution in [3.8, 4) is 11.8 Å². The van der Waals surface area contributed by atoms with Crippen molar-refractivity contribution in [1.29, 1.82) is 5.26 Å². The van der Waals surface area contributed by atoms with Gasteiger partial charge in [0.15, 0.2) is 5.16 Å². The topological polar surface area (TPSA) is 70.7 Å². The summed E-state index contributed by atoms with van der Waals surface area (Å²) in [6, 6.07) is 24.5. The van der Waals surface area contributed by atoms with Crippen LogP contribution in [-0.4, -0.2) is 27.3 Å². The Hall–Kier alpha value is -3.08. The lowest BCUT2D eigenvalue weighted by Crippen LogP contribution is -2.39. The molecule has 1 heterocycles. The molecule has 0 saturated heterocycles. The summed E-state index contributed by atoms with van der Waals surface area (Å²) in [5.41, 5.74) is 2.81. The Kier molecular flexibility index (Phi) is 7.45. The van der Waals surface area contributed by atoms with Gasteiger partial charge in [-0.05, 0) is 58.3 Å². The fraction of sp³-hybridized carbons (Fsp3) is 0.276. The third-order valence-corrected chi connectivity index (χ3v) is 8.46. The van der Waals surface area contributed by atoms with E-state index in [4.69, 9.17) is 0 Å². The molecule has 4 aromatic rings. The van der Waals surface area contributed by atoms with Crippen molar-refractivity contribution in [2.24, 2.45) is 11.8 Å². The van der Waals surface area contributed by atoms with Crippen LogP contribution in [-0.2, 0) is 11.2 Å². The predicted molar refractivity (Wildman–Crippen MR) is 148 cm³/mol. The van der Waals surface area contributed by atoms with Gasteiger partial charge in [0.05, 0.1) is 29.3 Å². The van der Waals surface area contributed by atoms with E-state index in [0.717, 1.165) is 39.1 Å². The molecule has 3 atom stereocenters. The number of aromatic nitrogens is 2. The predicted octanol–water partition coefficient (Wildman–Crippen LogP) is 6.53. The molecule has 0 spiro atoms. The number of carbonyl (C=O) groups is 1. The number of fused-ring (bicyclic) bond motifs is 1. The van der Waals surface area contributed by atoms with Gasteiger partial charge in [0.1, 0.15) is 4.60 Å². The van der Waals surface area contributed by atoms with Crippen LogP contribution in [0.2, 0.25) is 0 Å². The Balaban J connectivity index is 1.33. The molecular weight excluding hydrogens is 532 g/mol. The number of hydrogen-bond donors (Lipinski definition) is 1. The Morgan fingerprint density at radius 1 is 1.17 bits per heavy atom. The summed E-state index contributed by atoms with van der Waals surface area (Å²) in [4.78, 5) is 17.6. The van der Waals surface area contributed by atoms with Crippen LogP contribution in [0.5, 0.6) is 0 Å². The quantitative estimate of drug-likeness (QED) is 0.237. The van der Waals surface area contributed by atoms with Crippen LogP contribution in [0.3, 0.4) is 0 Å². The van der Waals surface area contributed by atoms with Gasteiger partial charge in [0.2, 0.25) is 5.91 Å². The summed E-state index contributed by atoms with van der Waals surface area (Å²) in [5.74, 6) is 1.56. The van der Waals surface area contributed by atoms with Gasteiger partial charge in [-0.3, -0.25) is 9.36 Å². The van der Waals surface area contributed by atoms with E-state index in [2.05, 4.69) is 63.5 Å². The van der Waals surface area contributed by atoms with Crippen LogP contribution in [0, 0.1) is 23.2 Å². The highest BCUT2D eigenvalue weighted by Crippen LogP contribution is 2.44. The van der Waals surface area contributed by atoms with Gasteiger partial charge in [0.25, 0.3) is 0 Å². The zero-order valence-corrected chi connectivity index (χ0v) is 22.4. The van der Waals surface area contributed by atoms with Crippen LogP contribution >= 0.6 is 27.7 Å². The average Bonchev–Trinajstić information content (AvgIpc) is 3.61. The maximum absolute atomic E-state index is 13.1. The molecule has 1 fully saturated rings. The maximum Gasteiger partial charge on any atom is 0.230 e. The second-order valence-corrected chi connectivity index (χ2v) is 11.0. The highest BCUT2D eigenvalue weighted by atomic mass is 79.9. The lowest BCUT2D eigenvalue weighted by molar-refractivity contribution is -0.119. The number of imidazole rings is 1. The molecule has 1 aliphatic carbocycles. The van der Waals surface area contributed by atoms with E-state index in [-0.39, 0.29) is 17.7 Å². The molecule has 1 N–H and O–H groups in total. The molecule has 0 aliphatic heterocycles. The first-order valence-corrected chi connectivity index (χ1v) is 14.0. The van der Waals surface area contributed by atoms with Crippen molar-refractivity contribution in [2.75, 3.05) is 5.75 Å². The second-order valence-electron chi connectivity index (χ2n) is 9.21. The molecule has 1 saturated carbocycles. The zero-order valence-electron chi connectivity index (χ0n) is 20.0. The Morgan fingerprint density at radius 3 is 2.64 bits per heavy atom. The van der Waals surface area contributed by atoms with Gasteiger partial charge < -0.3 is 5.32 Å². The molecule has 0 bridgehead atoms. The smallest absolute Gasteiger partial charge is 0.230 e. The molecule has 182 valence electrons. The minimum atomic E-state index is 0.0260. The summed E-state index contributed by atoms with van der Waals surface area (Å²) in [6.07, 6.45) is 4.95. The fourth-order valence-electron chi connectivity index (χ4n) is 5.00. The molecular formula is C29H27BrN4OS. The molecule has 1 aliphatic rings. The summed E-state index contributed by atoms with van der Waals surface area (Å²) < 4.78 is 2.79. The van der Waals surface area contributed by atoms with Crippen molar-refractivity contribution in [2.45, 2.75) is 37.4 Å². The summed E-state index contributed by atoms with van der Waals surface area (Å²) in [7, 11) is 0. The molecule has 7 heteroatoms. The molecule has 3 aromatic carbocycles. The first-order valence-electron chi connectivity index (χ1n) is 12.2. The van der Waals surface area contributed by atoms with Crippen LogP contribution < -0.4 is 5.32 Å². The SMILES string of the molecule is CCC1CC1C(Cc1ccccc1)NC(=O)CSc1ncc(Br)n1-c1ccc(C#N)c2ccccc12. The highest BCUT2D eigenvalue weighted by molar-refractivity contribution is 9.10. The molecule has 5 rings (SSSR count). The standard InChI is InChI=1S/C29H27BrN4OS/c1-2-20-15-24(20)25(14-19-8-4-3-5-9-19)33-28(35)18-36-29-32-17-27(30)34(29)26-13-12-21(16-31)22-10-6-7-11-23(22)26/h3-13,17,20,24-25H,2,14-15,18H2,1H3,(H,33,35). The van der Waals surface area contributed by atoms with Crippen molar-refractivity contribution in [3.05, 3.63) is 88.7 Å². The van der Waals surface area contributed by atoms with Crippen molar-refractivity contribution >= 4 is 44.4 Å². The minimum absolute atomic E-state index is 0.0260. The van der Waals surface area contributed by atoms with E-state index in [0.29, 0.717) is 17.4 Å². The second kappa shape index (κ2) is 10.9. The number of hydrogen-bond acceptors (Lipinski definition) is 4. The summed E-state index contributed by atoms with van der Waals surface area (Å²) in [5, 5.41) is 15.4. The minimum Gasteiger partial charge on any atom is -0.352 e. The van der Waals surface area contributed by atoms with E-state index in [1.165, 1.54) is 23.7 Å². The molecule has 1 amide bonds. The van der Waals surface area contributed by atoms with Crippen molar-refractivity contribution < 1.29 is 4.79 Å². The Morgan fingerprint density at radius 2 is 1.92 bits per heavy atom. The van der Waals surface area contributed by atoms with Gasteiger partial charge in [-0.1, -0.05) is 79.7 Å². The molecule has 1 aromatic heterocycles. The monoisotopic (exact) mass is 558 g/mol. The first-order chi connectivity index (χ1) is 17.6. The summed E-state index contributed by atoms with van der Waals surface area (Å²) >= 11 is 5.04. The van der Waals surface area contributed by atoms with Crippen molar-refractivity contribution in [3.63, 3.8) is 0 Å². The number of nitriles is 1. The number of rotatable bonds is 9. The van der Waals surface area contributed by atoms with E-state index in [9.17, 15) is 10.1 Å². The van der Waals surface area contributed by atoms with Gasteiger partial charge in [-0.25, -0.2) is 4.98 Å². The number of carbonyl (C=O) groups excluding carboxylic acids is 1. The van der Waals surface area contributed by atoms with E-state index >= 15 is 0 Å². The average molecular weight is 560 g/mol. The van der Waals surface area contributed by atoms with Crippen LogP contribution in [0.4, 0.5) is 0 Å². The third-order valence-electron chi connectivity index (χ3n) is 6.94. The maximum atomic E-state index is 13.1. The number of benzene rings is 3. The Labute approximate surface area is 224 Å². The number of thioether (sulfide) groups is 1. The number of nitrogens with zero attached hydrogens (tertiary/aromatic N) is 3. The van der Waals surface area contributed by atoms with E-state index < -0.39 is 0 Å². The van der Waals surface area contributed by atoms with Crippen LogP contribution in [0.25, 0.3) is 16.5 Å². The van der Waals surface area contributed by atoms with Gasteiger partial charge in [-0.2, -0.15) is 5.26 Å². The zero-order chi connectivity index (χ0) is 25.1. The largest absolute Gasteiger partial charge is 0.352 e. The van der Waals surface area contributed by atoms with Gasteiger partial charge in [0, 0.05) is 16.8 Å². The third kappa shape index (κ3) is 5.21. The normalized spacial score (nSPS) is 17.5. The van der Waals surface area contributed by atoms with Gasteiger partial charge >= 0.3 is 0 Å². The van der Waals surface area contributed by atoms with Gasteiger partial charge in [-0.15, -0.1) is 0 Å². The van der Waals surface area contributed by atoms with E-state index in [1.807, 2.05) is 47.0 Å². The highest BCUT2D eigenvalue weighted by Gasteiger charge is 2.42. The van der Waals surface area contributed by atoms with E-state index in [1.54, 1.807) is 6.20 Å². The molecule has 36 heavy (non-hydrogen) atoms. The molecule has 5 nitrogen and oxygen atoms in total. The Bertz CT molecular complexity index is 1430. The number of amides is 1. The van der Waals surface area contributed by atoms with Crippen LogP contribution in [0.1, 0.15) is 30.9 Å². The van der Waals surface area contributed by atoms with Crippen molar-refractivity contribution in [1.82, 2.24) is 14.9 Å². The summed E-state index contributed by atoms with van der Waals surface area (Å²) in [6.45, 7) is 2.23. The number of halogens is 1.